The quantitative estimate of drug-likeness (QED) is 0.722. The molecule has 0 saturated carbocycles. The van der Waals surface area contributed by atoms with Crippen LogP contribution in [0.2, 0.25) is 5.02 Å². The molecule has 0 bridgehead atoms. The van der Waals surface area contributed by atoms with E-state index < -0.39 is 17.7 Å². The van der Waals surface area contributed by atoms with Gasteiger partial charge in [-0.05, 0) is 49.7 Å². The van der Waals surface area contributed by atoms with E-state index in [0.29, 0.717) is 16.3 Å². The molecular formula is C15H13BrClF2N. The van der Waals surface area contributed by atoms with Crippen molar-refractivity contribution in [3.05, 3.63) is 62.6 Å². The number of hydrogen-bond donors (Lipinski definition) is 1. The Morgan fingerprint density at radius 2 is 1.85 bits per heavy atom. The first kappa shape index (κ1) is 15.3. The van der Waals surface area contributed by atoms with Gasteiger partial charge in [0.15, 0.2) is 0 Å². The normalized spacial score (nSPS) is 12.3. The minimum atomic E-state index is -0.435. The van der Waals surface area contributed by atoms with E-state index in [1.54, 1.807) is 19.1 Å². The molecule has 0 radical (unpaired) electrons. The van der Waals surface area contributed by atoms with Crippen LogP contribution in [0.25, 0.3) is 0 Å². The Morgan fingerprint density at radius 1 is 1.15 bits per heavy atom. The highest BCUT2D eigenvalue weighted by molar-refractivity contribution is 9.10. The molecule has 20 heavy (non-hydrogen) atoms. The van der Waals surface area contributed by atoms with Crippen molar-refractivity contribution in [3.8, 4) is 0 Å². The Kier molecular flexibility index (Phi) is 4.66. The average Bonchev–Trinajstić information content (AvgIpc) is 2.38. The van der Waals surface area contributed by atoms with Crippen LogP contribution in [-0.4, -0.2) is 0 Å². The molecule has 1 nitrogen and oxygen atoms in total. The molecule has 0 spiro atoms. The van der Waals surface area contributed by atoms with Gasteiger partial charge in [0.2, 0.25) is 0 Å². The van der Waals surface area contributed by atoms with E-state index in [2.05, 4.69) is 21.2 Å². The summed E-state index contributed by atoms with van der Waals surface area (Å²) in [6, 6.07) is 7.34. The standard InChI is InChI=1S/C15H13BrClF2N/c1-8-5-14(19)11(7-13(8)18)9(2)20-15-6-10(16)3-4-12(15)17/h3-7,9,20H,1-2H3. The van der Waals surface area contributed by atoms with Gasteiger partial charge in [0.05, 0.1) is 16.8 Å². The van der Waals surface area contributed by atoms with E-state index in [9.17, 15) is 8.78 Å². The van der Waals surface area contributed by atoms with Gasteiger partial charge in [-0.3, -0.25) is 0 Å². The van der Waals surface area contributed by atoms with E-state index in [1.165, 1.54) is 19.1 Å². The van der Waals surface area contributed by atoms with Crippen molar-refractivity contribution in [1.82, 2.24) is 0 Å². The summed E-state index contributed by atoms with van der Waals surface area (Å²) in [6.07, 6.45) is 0. The third-order valence-corrected chi connectivity index (χ3v) is 3.87. The van der Waals surface area contributed by atoms with Crippen LogP contribution in [0.1, 0.15) is 24.1 Å². The summed E-state index contributed by atoms with van der Waals surface area (Å²) in [5, 5.41) is 3.61. The SMILES string of the molecule is Cc1cc(F)c(C(C)Nc2cc(Br)ccc2Cl)cc1F. The van der Waals surface area contributed by atoms with Gasteiger partial charge in [-0.15, -0.1) is 0 Å². The summed E-state index contributed by atoms with van der Waals surface area (Å²) < 4.78 is 28.3. The predicted octanol–water partition coefficient (Wildman–Crippen LogP) is 5.86. The summed E-state index contributed by atoms with van der Waals surface area (Å²) in [5.41, 5.74) is 1.22. The van der Waals surface area contributed by atoms with Gasteiger partial charge < -0.3 is 5.32 Å². The van der Waals surface area contributed by atoms with Gasteiger partial charge in [0.25, 0.3) is 0 Å². The number of benzene rings is 2. The topological polar surface area (TPSA) is 12.0 Å². The molecule has 0 aliphatic carbocycles. The van der Waals surface area contributed by atoms with Crippen molar-refractivity contribution in [2.75, 3.05) is 5.32 Å². The number of anilines is 1. The highest BCUT2D eigenvalue weighted by Crippen LogP contribution is 2.30. The van der Waals surface area contributed by atoms with Crippen molar-refractivity contribution in [2.45, 2.75) is 19.9 Å². The molecule has 106 valence electrons. The molecule has 2 aromatic rings. The van der Waals surface area contributed by atoms with Crippen LogP contribution in [0.5, 0.6) is 0 Å². The van der Waals surface area contributed by atoms with Crippen molar-refractivity contribution in [3.63, 3.8) is 0 Å². The summed E-state index contributed by atoms with van der Waals surface area (Å²) in [4.78, 5) is 0. The zero-order valence-electron chi connectivity index (χ0n) is 11.0. The lowest BCUT2D eigenvalue weighted by molar-refractivity contribution is 0.571. The molecule has 0 fully saturated rings. The van der Waals surface area contributed by atoms with Gasteiger partial charge in [-0.1, -0.05) is 27.5 Å². The monoisotopic (exact) mass is 359 g/mol. The third-order valence-electron chi connectivity index (χ3n) is 3.04. The number of halogens is 4. The summed E-state index contributed by atoms with van der Waals surface area (Å²) in [7, 11) is 0. The second-order valence-corrected chi connectivity index (χ2v) is 5.94. The van der Waals surface area contributed by atoms with E-state index in [1.807, 2.05) is 6.07 Å². The predicted molar refractivity (Wildman–Crippen MR) is 82.3 cm³/mol. The molecular weight excluding hydrogens is 348 g/mol. The number of hydrogen-bond acceptors (Lipinski definition) is 1. The third kappa shape index (κ3) is 3.30. The molecule has 0 amide bonds. The van der Waals surface area contributed by atoms with Gasteiger partial charge in [-0.2, -0.15) is 0 Å². The summed E-state index contributed by atoms with van der Waals surface area (Å²) in [6.45, 7) is 3.29. The molecule has 1 atom stereocenters. The Morgan fingerprint density at radius 3 is 2.55 bits per heavy atom. The fourth-order valence-corrected chi connectivity index (χ4v) is 2.45. The zero-order valence-corrected chi connectivity index (χ0v) is 13.3. The molecule has 2 rings (SSSR count). The maximum Gasteiger partial charge on any atom is 0.128 e. The summed E-state index contributed by atoms with van der Waals surface area (Å²) >= 11 is 9.42. The highest BCUT2D eigenvalue weighted by atomic mass is 79.9. The molecule has 0 aliphatic rings. The largest absolute Gasteiger partial charge is 0.377 e. The molecule has 0 aliphatic heterocycles. The van der Waals surface area contributed by atoms with Crippen LogP contribution in [0.3, 0.4) is 0 Å². The van der Waals surface area contributed by atoms with Crippen LogP contribution < -0.4 is 5.32 Å². The van der Waals surface area contributed by atoms with Crippen LogP contribution in [-0.2, 0) is 0 Å². The average molecular weight is 361 g/mol. The molecule has 0 aromatic heterocycles. The zero-order chi connectivity index (χ0) is 14.9. The fraction of sp³-hybridized carbons (Fsp3) is 0.200. The van der Waals surface area contributed by atoms with Crippen molar-refractivity contribution in [2.24, 2.45) is 0 Å². The van der Waals surface area contributed by atoms with Gasteiger partial charge in [0.1, 0.15) is 11.6 Å². The van der Waals surface area contributed by atoms with Crippen LogP contribution in [0.15, 0.2) is 34.8 Å². The smallest absolute Gasteiger partial charge is 0.128 e. The Bertz CT molecular complexity index is 646. The van der Waals surface area contributed by atoms with Gasteiger partial charge in [0, 0.05) is 10.0 Å². The lowest BCUT2D eigenvalue weighted by Gasteiger charge is -2.18. The second-order valence-electron chi connectivity index (χ2n) is 4.61. The van der Waals surface area contributed by atoms with E-state index in [4.69, 9.17) is 11.6 Å². The van der Waals surface area contributed by atoms with Crippen LogP contribution in [0.4, 0.5) is 14.5 Å². The van der Waals surface area contributed by atoms with E-state index >= 15 is 0 Å². The lowest BCUT2D eigenvalue weighted by atomic mass is 10.0. The number of nitrogens with one attached hydrogen (secondary N) is 1. The van der Waals surface area contributed by atoms with Crippen molar-refractivity contribution >= 4 is 33.2 Å². The summed E-state index contributed by atoms with van der Waals surface area (Å²) in [5.74, 6) is -0.856. The fourth-order valence-electron chi connectivity index (χ4n) is 1.91. The lowest BCUT2D eigenvalue weighted by Crippen LogP contribution is -2.10. The maximum atomic E-state index is 13.9. The van der Waals surface area contributed by atoms with E-state index in [-0.39, 0.29) is 5.56 Å². The van der Waals surface area contributed by atoms with Crippen molar-refractivity contribution in [1.29, 1.82) is 0 Å². The minimum Gasteiger partial charge on any atom is -0.377 e. The molecule has 1 unspecified atom stereocenters. The second kappa shape index (κ2) is 6.10. The Labute approximate surface area is 130 Å². The Balaban J connectivity index is 2.30. The minimum absolute atomic E-state index is 0.268. The van der Waals surface area contributed by atoms with Gasteiger partial charge in [-0.25, -0.2) is 8.78 Å². The van der Waals surface area contributed by atoms with Crippen LogP contribution >= 0.6 is 27.5 Å². The molecule has 1 N–H and O–H groups in total. The number of rotatable bonds is 3. The molecule has 0 saturated heterocycles. The molecule has 0 heterocycles. The van der Waals surface area contributed by atoms with Gasteiger partial charge >= 0.3 is 0 Å². The maximum absolute atomic E-state index is 13.9. The first-order valence-corrected chi connectivity index (χ1v) is 7.22. The highest BCUT2D eigenvalue weighted by Gasteiger charge is 2.15. The van der Waals surface area contributed by atoms with Crippen molar-refractivity contribution < 1.29 is 8.78 Å². The molecule has 2 aromatic carbocycles. The molecule has 5 heteroatoms. The van der Waals surface area contributed by atoms with Crippen LogP contribution in [0, 0.1) is 18.6 Å². The number of aryl methyl sites for hydroxylation is 1. The first-order valence-electron chi connectivity index (χ1n) is 6.05. The van der Waals surface area contributed by atoms with E-state index in [0.717, 1.165) is 4.47 Å². The first-order chi connectivity index (χ1) is 9.38. The Hall–Kier alpha value is -1.13.